The number of benzene rings is 1. The molecule has 0 bridgehead atoms. The molecular formula is C30H36F3N5O6S. The fraction of sp³-hybridized carbons (Fsp3) is 0.533. The van der Waals surface area contributed by atoms with Crippen LogP contribution in [0.3, 0.4) is 0 Å². The predicted molar refractivity (Wildman–Crippen MR) is 158 cm³/mol. The molecule has 4 heterocycles. The smallest absolute Gasteiger partial charge is 0.338 e. The van der Waals surface area contributed by atoms with Crippen molar-refractivity contribution in [1.29, 1.82) is 0 Å². The molecule has 3 aliphatic heterocycles. The molecule has 0 amide bonds. The van der Waals surface area contributed by atoms with Crippen LogP contribution in [0.25, 0.3) is 0 Å². The number of halogens is 3. The van der Waals surface area contributed by atoms with E-state index in [0.29, 0.717) is 16.4 Å². The first-order valence-corrected chi connectivity index (χ1v) is 15.5. The minimum absolute atomic E-state index is 0.0489. The van der Waals surface area contributed by atoms with Crippen molar-refractivity contribution in [3.8, 4) is 0 Å². The van der Waals surface area contributed by atoms with Crippen LogP contribution in [0.1, 0.15) is 49.4 Å². The van der Waals surface area contributed by atoms with Crippen molar-refractivity contribution >= 4 is 29.1 Å². The maximum Gasteiger partial charge on any atom is 0.338 e. The van der Waals surface area contributed by atoms with Gasteiger partial charge in [-0.2, -0.15) is 5.06 Å². The summed E-state index contributed by atoms with van der Waals surface area (Å²) >= 11 is 1.29. The van der Waals surface area contributed by atoms with Gasteiger partial charge in [0.2, 0.25) is 0 Å². The number of aromatic nitrogens is 1. The van der Waals surface area contributed by atoms with E-state index >= 15 is 8.78 Å². The molecule has 15 heteroatoms. The van der Waals surface area contributed by atoms with Gasteiger partial charge >= 0.3 is 11.9 Å². The number of esters is 1. The molecule has 0 spiro atoms. The van der Waals surface area contributed by atoms with Gasteiger partial charge in [-0.25, -0.2) is 22.9 Å². The van der Waals surface area contributed by atoms with Crippen LogP contribution in [0.15, 0.2) is 46.0 Å². The van der Waals surface area contributed by atoms with Gasteiger partial charge in [-0.15, -0.1) is 11.3 Å². The van der Waals surface area contributed by atoms with Crippen LogP contribution >= 0.6 is 11.3 Å². The standard InChI is InChI=1S/C30H36F3N5O6S/c1-5-43-27(40)22-19(35-25(26-34-10-12-45-26)36-23(22)17-7-6-8-18(31)16(17)2)13-37-15-30(32,33)24-20(37)14-44-38(24)11-9-21(39)29(3,4)28(41)42/h6-8,10,12,20-21,23-24,39H,5,9,11,13-15H2,1-4H3,(H,35,36)(H,41,42)/t20-,21?,23+,24+/m1/s1. The molecule has 5 rings (SSSR count). The van der Waals surface area contributed by atoms with E-state index in [4.69, 9.17) is 14.6 Å². The number of hydrogen-bond acceptors (Lipinski definition) is 11. The second kappa shape index (κ2) is 12.8. The number of rotatable bonds is 11. The van der Waals surface area contributed by atoms with Crippen molar-refractivity contribution in [1.82, 2.24) is 20.3 Å². The van der Waals surface area contributed by atoms with Gasteiger partial charge in [0.15, 0.2) is 10.8 Å². The Morgan fingerprint density at radius 2 is 2.09 bits per heavy atom. The average molecular weight is 652 g/mol. The van der Waals surface area contributed by atoms with Gasteiger partial charge in [0.05, 0.1) is 42.9 Å². The molecule has 244 valence electrons. The third-order valence-electron chi connectivity index (χ3n) is 8.63. The zero-order chi connectivity index (χ0) is 32.7. The Morgan fingerprint density at radius 3 is 2.76 bits per heavy atom. The Balaban J connectivity index is 1.47. The molecule has 0 radical (unpaired) electrons. The van der Waals surface area contributed by atoms with Crippen molar-refractivity contribution in [2.45, 2.75) is 64.3 Å². The molecule has 3 aliphatic rings. The molecule has 2 fully saturated rings. The highest BCUT2D eigenvalue weighted by atomic mass is 32.1. The second-order valence-electron chi connectivity index (χ2n) is 11.9. The van der Waals surface area contributed by atoms with Crippen LogP contribution in [0.4, 0.5) is 13.2 Å². The summed E-state index contributed by atoms with van der Waals surface area (Å²) in [5, 5.41) is 26.4. The lowest BCUT2D eigenvalue weighted by Crippen LogP contribution is -2.47. The van der Waals surface area contributed by atoms with Crippen molar-refractivity contribution in [2.75, 3.05) is 32.8 Å². The third kappa shape index (κ3) is 6.36. The Bertz CT molecular complexity index is 1500. The largest absolute Gasteiger partial charge is 0.481 e. The molecule has 2 aromatic rings. The van der Waals surface area contributed by atoms with Crippen LogP contribution in [0.2, 0.25) is 0 Å². The van der Waals surface area contributed by atoms with Gasteiger partial charge in [0.1, 0.15) is 17.9 Å². The van der Waals surface area contributed by atoms with E-state index in [9.17, 15) is 24.2 Å². The molecule has 1 aromatic carbocycles. The number of aliphatic hydroxyl groups excluding tert-OH is 1. The topological polar surface area (TPSA) is 137 Å². The van der Waals surface area contributed by atoms with Gasteiger partial charge in [-0.3, -0.25) is 19.5 Å². The van der Waals surface area contributed by atoms with E-state index in [1.165, 1.54) is 42.2 Å². The van der Waals surface area contributed by atoms with Gasteiger partial charge in [0.25, 0.3) is 5.92 Å². The highest BCUT2D eigenvalue weighted by Crippen LogP contribution is 2.42. The maximum atomic E-state index is 15.6. The number of thiazole rings is 1. The first kappa shape index (κ1) is 33.0. The number of aliphatic hydroxyl groups is 1. The molecule has 11 nitrogen and oxygen atoms in total. The first-order valence-electron chi connectivity index (χ1n) is 14.6. The molecule has 3 N–H and O–H groups in total. The normalized spacial score (nSPS) is 24.3. The highest BCUT2D eigenvalue weighted by molar-refractivity contribution is 7.11. The lowest BCUT2D eigenvalue weighted by molar-refractivity contribution is -0.187. The van der Waals surface area contributed by atoms with E-state index in [1.54, 1.807) is 31.5 Å². The zero-order valence-electron chi connectivity index (χ0n) is 25.3. The number of nitrogens with one attached hydrogen (secondary N) is 1. The number of fused-ring (bicyclic) bond motifs is 1. The summed E-state index contributed by atoms with van der Waals surface area (Å²) in [6, 6.07) is 1.33. The molecule has 1 aromatic heterocycles. The van der Waals surface area contributed by atoms with Gasteiger partial charge in [-0.1, -0.05) is 12.1 Å². The second-order valence-corrected chi connectivity index (χ2v) is 12.7. The molecular weight excluding hydrogens is 615 g/mol. The van der Waals surface area contributed by atoms with Gasteiger partial charge < -0.3 is 20.3 Å². The Labute approximate surface area is 262 Å². The number of aliphatic imine (C=N–C) groups is 1. The maximum absolute atomic E-state index is 15.6. The number of carboxylic acids is 1. The number of carbonyl (C=O) groups excluding carboxylic acids is 1. The number of hydroxylamine groups is 2. The number of ether oxygens (including phenoxy) is 1. The van der Waals surface area contributed by atoms with Crippen molar-refractivity contribution < 1.29 is 42.5 Å². The van der Waals surface area contributed by atoms with E-state index in [0.717, 1.165) is 5.06 Å². The summed E-state index contributed by atoms with van der Waals surface area (Å²) in [4.78, 5) is 41.3. The molecule has 45 heavy (non-hydrogen) atoms. The molecule has 4 atom stereocenters. The fourth-order valence-corrected chi connectivity index (χ4v) is 6.50. The summed E-state index contributed by atoms with van der Waals surface area (Å²) < 4.78 is 51.4. The number of likely N-dealkylation sites (tertiary alicyclic amines) is 1. The number of alkyl halides is 2. The minimum atomic E-state index is -3.24. The number of nitrogens with zero attached hydrogens (tertiary/aromatic N) is 4. The van der Waals surface area contributed by atoms with Gasteiger partial charge in [0, 0.05) is 30.4 Å². The highest BCUT2D eigenvalue weighted by Gasteiger charge is 2.61. The van der Waals surface area contributed by atoms with Crippen LogP contribution in [0, 0.1) is 18.2 Å². The van der Waals surface area contributed by atoms with Crippen LogP contribution < -0.4 is 5.32 Å². The number of hydrogen-bond donors (Lipinski definition) is 3. The number of amidine groups is 1. The summed E-state index contributed by atoms with van der Waals surface area (Å²) in [5.74, 6) is -5.33. The van der Waals surface area contributed by atoms with Crippen molar-refractivity contribution in [3.05, 3.63) is 63.0 Å². The van der Waals surface area contributed by atoms with E-state index in [2.05, 4.69) is 10.3 Å². The minimum Gasteiger partial charge on any atom is -0.481 e. The van der Waals surface area contributed by atoms with Crippen molar-refractivity contribution in [2.24, 2.45) is 10.4 Å². The molecule has 0 aliphatic carbocycles. The summed E-state index contributed by atoms with van der Waals surface area (Å²) in [7, 11) is 0. The molecule has 0 saturated carbocycles. The van der Waals surface area contributed by atoms with Crippen LogP contribution in [0.5, 0.6) is 0 Å². The zero-order valence-corrected chi connectivity index (χ0v) is 26.1. The van der Waals surface area contributed by atoms with Crippen LogP contribution in [-0.4, -0.2) is 99.9 Å². The number of aliphatic carboxylic acids is 1. The van der Waals surface area contributed by atoms with Crippen LogP contribution in [-0.2, 0) is 19.2 Å². The Kier molecular flexibility index (Phi) is 9.38. The lowest BCUT2D eigenvalue weighted by Gasteiger charge is -2.31. The fourth-order valence-electron chi connectivity index (χ4n) is 5.91. The summed E-state index contributed by atoms with van der Waals surface area (Å²) in [6.07, 6.45) is 0.196. The first-order chi connectivity index (χ1) is 21.3. The van der Waals surface area contributed by atoms with E-state index < -0.39 is 59.9 Å². The van der Waals surface area contributed by atoms with Crippen molar-refractivity contribution in [3.63, 3.8) is 0 Å². The van der Waals surface area contributed by atoms with E-state index in [-0.39, 0.29) is 49.6 Å². The summed E-state index contributed by atoms with van der Waals surface area (Å²) in [6.45, 7) is 5.03. The number of carboxylic acid groups (broad SMARTS) is 1. The Hall–Kier alpha value is -3.37. The monoisotopic (exact) mass is 651 g/mol. The number of carbonyl (C=O) groups is 2. The Morgan fingerprint density at radius 1 is 1.33 bits per heavy atom. The lowest BCUT2D eigenvalue weighted by atomic mass is 9.85. The average Bonchev–Trinajstić information content (AvgIpc) is 3.72. The van der Waals surface area contributed by atoms with E-state index in [1.807, 2.05) is 0 Å². The SMILES string of the molecule is CCOC(=O)C1=C(CN2CC(F)(F)[C@@H]3[C@H]2CON3CCC(O)C(C)(C)C(=O)O)NC(c2nccs2)=N[C@H]1c1cccc(F)c1C. The quantitative estimate of drug-likeness (QED) is 0.311. The predicted octanol–water partition coefficient (Wildman–Crippen LogP) is 3.30. The third-order valence-corrected chi connectivity index (χ3v) is 9.41. The van der Waals surface area contributed by atoms with Gasteiger partial charge in [-0.05, 0) is 51.3 Å². The molecule has 1 unspecified atom stereocenters. The molecule has 2 saturated heterocycles. The summed E-state index contributed by atoms with van der Waals surface area (Å²) in [5.41, 5.74) is -0.412.